The van der Waals surface area contributed by atoms with Gasteiger partial charge in [-0.3, -0.25) is 4.79 Å². The van der Waals surface area contributed by atoms with Crippen LogP contribution in [-0.4, -0.2) is 53.6 Å². The molecule has 0 spiro atoms. The maximum atomic E-state index is 12.2. The lowest BCUT2D eigenvalue weighted by Crippen LogP contribution is -2.51. The summed E-state index contributed by atoms with van der Waals surface area (Å²) in [7, 11) is 1.76. The van der Waals surface area contributed by atoms with Crippen molar-refractivity contribution in [1.82, 2.24) is 9.80 Å². The van der Waals surface area contributed by atoms with E-state index >= 15 is 0 Å². The number of aliphatic carboxylic acids is 1. The van der Waals surface area contributed by atoms with E-state index in [0.29, 0.717) is 32.5 Å². The number of hydrogen-bond donors (Lipinski definition) is 1. The largest absolute Gasteiger partial charge is 0.481 e. The minimum atomic E-state index is -0.872. The van der Waals surface area contributed by atoms with Crippen molar-refractivity contribution < 1.29 is 14.7 Å². The zero-order chi connectivity index (χ0) is 15.5. The van der Waals surface area contributed by atoms with Crippen molar-refractivity contribution in [3.8, 4) is 0 Å². The lowest BCUT2D eigenvalue weighted by atomic mass is 9.73. The molecule has 0 bridgehead atoms. The predicted octanol–water partition coefficient (Wildman–Crippen LogP) is 2.18. The third kappa shape index (κ3) is 2.86. The number of nitrogens with zero attached hydrogens (tertiary/aromatic N) is 2. The fourth-order valence-corrected chi connectivity index (χ4v) is 2.84. The van der Waals surface area contributed by atoms with E-state index in [1.165, 1.54) is 0 Å². The van der Waals surface area contributed by atoms with Gasteiger partial charge < -0.3 is 14.9 Å². The van der Waals surface area contributed by atoms with Crippen LogP contribution in [0.15, 0.2) is 30.3 Å². The van der Waals surface area contributed by atoms with Crippen LogP contribution in [0.5, 0.6) is 0 Å². The molecule has 1 fully saturated rings. The van der Waals surface area contributed by atoms with Gasteiger partial charge in [0, 0.05) is 26.7 Å². The van der Waals surface area contributed by atoms with Crippen LogP contribution < -0.4 is 0 Å². The zero-order valence-electron chi connectivity index (χ0n) is 12.6. The number of carboxylic acids is 1. The van der Waals surface area contributed by atoms with E-state index in [9.17, 15) is 14.7 Å². The third-order valence-electron chi connectivity index (χ3n) is 4.42. The van der Waals surface area contributed by atoms with Crippen LogP contribution in [0, 0.1) is 0 Å². The molecule has 1 aromatic rings. The number of urea groups is 1. The number of likely N-dealkylation sites (tertiary alicyclic amines) is 1. The molecule has 5 heteroatoms. The molecular formula is C16H22N2O3. The Morgan fingerprint density at radius 1 is 1.24 bits per heavy atom. The summed E-state index contributed by atoms with van der Waals surface area (Å²) in [6.07, 6.45) is 0.908. The van der Waals surface area contributed by atoms with Gasteiger partial charge in [0.25, 0.3) is 0 Å². The minimum absolute atomic E-state index is 0.0236. The molecule has 114 valence electrons. The molecule has 0 aliphatic carbocycles. The van der Waals surface area contributed by atoms with E-state index in [4.69, 9.17) is 0 Å². The first kappa shape index (κ1) is 15.4. The van der Waals surface area contributed by atoms with Gasteiger partial charge in [0.2, 0.25) is 0 Å². The summed E-state index contributed by atoms with van der Waals surface area (Å²) in [6.45, 7) is 3.53. The van der Waals surface area contributed by atoms with Crippen LogP contribution in [-0.2, 0) is 10.2 Å². The van der Waals surface area contributed by atoms with E-state index < -0.39 is 11.4 Å². The summed E-state index contributed by atoms with van der Waals surface area (Å²) >= 11 is 0. The molecule has 21 heavy (non-hydrogen) atoms. The molecule has 5 nitrogen and oxygen atoms in total. The van der Waals surface area contributed by atoms with Crippen molar-refractivity contribution in [2.75, 3.05) is 26.7 Å². The van der Waals surface area contributed by atoms with Gasteiger partial charge in [-0.1, -0.05) is 30.3 Å². The fourth-order valence-electron chi connectivity index (χ4n) is 2.84. The van der Waals surface area contributed by atoms with Gasteiger partial charge in [-0.15, -0.1) is 0 Å². The molecule has 1 saturated heterocycles. The van der Waals surface area contributed by atoms with Crippen molar-refractivity contribution in [3.63, 3.8) is 0 Å². The lowest BCUT2D eigenvalue weighted by Gasteiger charge is -2.40. The fraction of sp³-hybridized carbons (Fsp3) is 0.500. The predicted molar refractivity (Wildman–Crippen MR) is 80.3 cm³/mol. The average Bonchev–Trinajstić information content (AvgIpc) is 2.54. The highest BCUT2D eigenvalue weighted by molar-refractivity contribution is 5.82. The number of piperidine rings is 1. The Morgan fingerprint density at radius 2 is 1.81 bits per heavy atom. The van der Waals surface area contributed by atoms with E-state index in [1.54, 1.807) is 16.8 Å². The molecular weight excluding hydrogens is 268 g/mol. The number of benzene rings is 1. The van der Waals surface area contributed by atoms with E-state index in [0.717, 1.165) is 5.56 Å². The highest BCUT2D eigenvalue weighted by atomic mass is 16.4. The monoisotopic (exact) mass is 290 g/mol. The smallest absolute Gasteiger partial charge is 0.319 e. The first-order valence-corrected chi connectivity index (χ1v) is 7.30. The van der Waals surface area contributed by atoms with Gasteiger partial charge in [-0.2, -0.15) is 0 Å². The molecule has 2 rings (SSSR count). The molecule has 0 saturated carbocycles. The van der Waals surface area contributed by atoms with Crippen LogP contribution >= 0.6 is 0 Å². The Hall–Kier alpha value is -2.04. The summed E-state index contributed by atoms with van der Waals surface area (Å²) in [4.78, 5) is 27.4. The van der Waals surface area contributed by atoms with Crippen molar-refractivity contribution in [1.29, 1.82) is 0 Å². The Bertz CT molecular complexity index is 508. The van der Waals surface area contributed by atoms with Crippen LogP contribution in [0.4, 0.5) is 4.79 Å². The Kier molecular flexibility index (Phi) is 4.50. The molecule has 1 aromatic carbocycles. The third-order valence-corrected chi connectivity index (χ3v) is 4.42. The molecule has 1 heterocycles. The van der Waals surface area contributed by atoms with Crippen LogP contribution in [0.2, 0.25) is 0 Å². The van der Waals surface area contributed by atoms with E-state index in [-0.39, 0.29) is 6.03 Å². The molecule has 0 unspecified atom stereocenters. The average molecular weight is 290 g/mol. The molecule has 0 atom stereocenters. The van der Waals surface area contributed by atoms with Gasteiger partial charge in [0.15, 0.2) is 0 Å². The first-order chi connectivity index (χ1) is 10.0. The second-order valence-electron chi connectivity index (χ2n) is 5.54. The number of rotatable bonds is 3. The standard InChI is InChI=1S/C16H22N2O3/c1-3-17(2)15(21)18-11-9-16(10-12-18,14(19)20)13-7-5-4-6-8-13/h4-8H,3,9-12H2,1-2H3,(H,19,20). The lowest BCUT2D eigenvalue weighted by molar-refractivity contribution is -0.145. The Labute approximate surface area is 125 Å². The number of carbonyl (C=O) groups excluding carboxylic acids is 1. The molecule has 0 radical (unpaired) electrons. The van der Waals surface area contributed by atoms with E-state index in [1.807, 2.05) is 37.3 Å². The van der Waals surface area contributed by atoms with Crippen molar-refractivity contribution in [2.24, 2.45) is 0 Å². The molecule has 2 amide bonds. The topological polar surface area (TPSA) is 60.9 Å². The van der Waals surface area contributed by atoms with Gasteiger partial charge in [0.05, 0.1) is 5.41 Å². The summed E-state index contributed by atoms with van der Waals surface area (Å²) in [5, 5.41) is 9.71. The highest BCUT2D eigenvalue weighted by Crippen LogP contribution is 2.36. The summed E-state index contributed by atoms with van der Waals surface area (Å²) in [5.41, 5.74) is -0.0449. The summed E-state index contributed by atoms with van der Waals surface area (Å²) in [6, 6.07) is 9.32. The van der Waals surface area contributed by atoms with Crippen molar-refractivity contribution >= 4 is 12.0 Å². The number of carbonyl (C=O) groups is 2. The number of hydrogen-bond acceptors (Lipinski definition) is 2. The SMILES string of the molecule is CCN(C)C(=O)N1CCC(C(=O)O)(c2ccccc2)CC1. The quantitative estimate of drug-likeness (QED) is 0.928. The maximum absolute atomic E-state index is 12.2. The summed E-state index contributed by atoms with van der Waals surface area (Å²) < 4.78 is 0. The number of carboxylic acid groups (broad SMARTS) is 1. The molecule has 1 aliphatic rings. The molecule has 1 N–H and O–H groups in total. The first-order valence-electron chi connectivity index (χ1n) is 7.30. The van der Waals surface area contributed by atoms with Crippen LogP contribution in [0.25, 0.3) is 0 Å². The minimum Gasteiger partial charge on any atom is -0.481 e. The normalized spacial score (nSPS) is 17.3. The number of amides is 2. The molecule has 1 aliphatic heterocycles. The van der Waals surface area contributed by atoms with Gasteiger partial charge in [-0.05, 0) is 25.3 Å². The summed E-state index contributed by atoms with van der Waals surface area (Å²) in [5.74, 6) is -0.801. The van der Waals surface area contributed by atoms with E-state index in [2.05, 4.69) is 0 Å². The van der Waals surface area contributed by atoms with Crippen molar-refractivity contribution in [2.45, 2.75) is 25.2 Å². The Morgan fingerprint density at radius 3 is 2.29 bits per heavy atom. The maximum Gasteiger partial charge on any atom is 0.319 e. The van der Waals surface area contributed by atoms with Crippen LogP contribution in [0.1, 0.15) is 25.3 Å². The van der Waals surface area contributed by atoms with Gasteiger partial charge in [0.1, 0.15) is 0 Å². The second kappa shape index (κ2) is 6.16. The van der Waals surface area contributed by atoms with Gasteiger partial charge in [-0.25, -0.2) is 4.79 Å². The van der Waals surface area contributed by atoms with Crippen molar-refractivity contribution in [3.05, 3.63) is 35.9 Å². The van der Waals surface area contributed by atoms with Crippen LogP contribution in [0.3, 0.4) is 0 Å². The van der Waals surface area contributed by atoms with Gasteiger partial charge >= 0.3 is 12.0 Å². The highest BCUT2D eigenvalue weighted by Gasteiger charge is 2.44. The zero-order valence-corrected chi connectivity index (χ0v) is 12.6. The second-order valence-corrected chi connectivity index (χ2v) is 5.54. The Balaban J connectivity index is 2.16. The molecule has 0 aromatic heterocycles.